The van der Waals surface area contributed by atoms with Gasteiger partial charge in [-0.15, -0.1) is 0 Å². The largest absolute Gasteiger partial charge is 0.442 e. The van der Waals surface area contributed by atoms with Gasteiger partial charge in [0.25, 0.3) is 10.0 Å². The Labute approximate surface area is 145 Å². The molecule has 2 N–H and O–H groups in total. The zero-order valence-electron chi connectivity index (χ0n) is 13.6. The Balaban J connectivity index is 1.50. The van der Waals surface area contributed by atoms with Crippen LogP contribution in [0.1, 0.15) is 25.7 Å². The molecular weight excluding hydrogens is 344 g/mol. The zero-order chi connectivity index (χ0) is 17.4. The number of rotatable bonds is 5. The number of aromatic amines is 1. The Morgan fingerprint density at radius 3 is 2.84 bits per heavy atom. The SMILES string of the molecule is O=C(NC1CC1)C1CCCN(S(=O)(=O)c2ccc(-c3ccn[nH]3)o2)C1. The van der Waals surface area contributed by atoms with Crippen molar-refractivity contribution in [2.75, 3.05) is 13.1 Å². The number of hydrogen-bond donors (Lipinski definition) is 2. The van der Waals surface area contributed by atoms with Crippen molar-refractivity contribution in [1.82, 2.24) is 19.8 Å². The van der Waals surface area contributed by atoms with Crippen LogP contribution in [0, 0.1) is 5.92 Å². The zero-order valence-corrected chi connectivity index (χ0v) is 14.5. The molecule has 8 nitrogen and oxygen atoms in total. The van der Waals surface area contributed by atoms with Gasteiger partial charge >= 0.3 is 0 Å². The van der Waals surface area contributed by atoms with Gasteiger partial charge < -0.3 is 9.73 Å². The lowest BCUT2D eigenvalue weighted by Gasteiger charge is -2.30. The quantitative estimate of drug-likeness (QED) is 0.832. The van der Waals surface area contributed by atoms with Gasteiger partial charge in [0.05, 0.1) is 5.92 Å². The Bertz CT molecular complexity index is 855. The number of H-pyrrole nitrogens is 1. The average molecular weight is 364 g/mol. The van der Waals surface area contributed by atoms with Gasteiger partial charge in [-0.25, -0.2) is 8.42 Å². The number of carbonyl (C=O) groups is 1. The molecule has 0 spiro atoms. The van der Waals surface area contributed by atoms with E-state index in [0.717, 1.165) is 12.8 Å². The third-order valence-electron chi connectivity index (χ3n) is 4.62. The van der Waals surface area contributed by atoms with E-state index in [2.05, 4.69) is 15.5 Å². The van der Waals surface area contributed by atoms with E-state index in [1.165, 1.54) is 10.4 Å². The number of sulfonamides is 1. The van der Waals surface area contributed by atoms with Crippen molar-refractivity contribution in [3.63, 3.8) is 0 Å². The van der Waals surface area contributed by atoms with E-state index in [9.17, 15) is 13.2 Å². The van der Waals surface area contributed by atoms with Crippen LogP contribution in [0.25, 0.3) is 11.5 Å². The van der Waals surface area contributed by atoms with E-state index in [-0.39, 0.29) is 29.5 Å². The molecule has 2 aliphatic rings. The predicted octanol–water partition coefficient (Wildman–Crippen LogP) is 1.35. The second-order valence-corrected chi connectivity index (χ2v) is 8.44. The molecule has 9 heteroatoms. The summed E-state index contributed by atoms with van der Waals surface area (Å²) in [5, 5.41) is 9.42. The van der Waals surface area contributed by atoms with Crippen LogP contribution in [0.3, 0.4) is 0 Å². The molecule has 0 aromatic carbocycles. The maximum absolute atomic E-state index is 12.8. The molecule has 25 heavy (non-hydrogen) atoms. The summed E-state index contributed by atoms with van der Waals surface area (Å²) in [6, 6.07) is 5.02. The summed E-state index contributed by atoms with van der Waals surface area (Å²) in [6.45, 7) is 0.594. The van der Waals surface area contributed by atoms with E-state index in [1.54, 1.807) is 18.3 Å². The first-order chi connectivity index (χ1) is 12.0. The molecule has 1 aliphatic heterocycles. The minimum atomic E-state index is -3.76. The fraction of sp³-hybridized carbons (Fsp3) is 0.500. The Morgan fingerprint density at radius 2 is 2.12 bits per heavy atom. The van der Waals surface area contributed by atoms with Gasteiger partial charge in [0.2, 0.25) is 11.0 Å². The van der Waals surface area contributed by atoms with Crippen molar-refractivity contribution in [3.05, 3.63) is 24.4 Å². The second kappa shape index (κ2) is 6.30. The number of amides is 1. The fourth-order valence-electron chi connectivity index (χ4n) is 3.05. The van der Waals surface area contributed by atoms with E-state index in [0.29, 0.717) is 30.8 Å². The molecule has 1 unspecified atom stereocenters. The lowest BCUT2D eigenvalue weighted by molar-refractivity contribution is -0.126. The standard InChI is InChI=1S/C16H20N4O4S/c21-16(18-12-3-4-12)11-2-1-9-20(10-11)25(22,23)15-6-5-14(24-15)13-7-8-17-19-13/h5-8,11-12H,1-4,9-10H2,(H,17,19)(H,18,21). The third kappa shape index (κ3) is 3.34. The van der Waals surface area contributed by atoms with Gasteiger partial charge in [-0.05, 0) is 43.9 Å². The molecule has 1 saturated heterocycles. The first kappa shape index (κ1) is 16.3. The molecule has 3 heterocycles. The minimum Gasteiger partial charge on any atom is -0.442 e. The number of nitrogens with zero attached hydrogens (tertiary/aromatic N) is 2. The molecule has 1 amide bonds. The minimum absolute atomic E-state index is 0.0417. The number of carbonyl (C=O) groups excluding carboxylic acids is 1. The van der Waals surface area contributed by atoms with Crippen molar-refractivity contribution >= 4 is 15.9 Å². The van der Waals surface area contributed by atoms with Crippen LogP contribution in [0.15, 0.2) is 33.9 Å². The number of aromatic nitrogens is 2. The Kier molecular flexibility index (Phi) is 4.12. The van der Waals surface area contributed by atoms with Gasteiger partial charge in [-0.1, -0.05) is 0 Å². The molecule has 1 aliphatic carbocycles. The lowest BCUT2D eigenvalue weighted by atomic mass is 9.99. The summed E-state index contributed by atoms with van der Waals surface area (Å²) in [7, 11) is -3.76. The third-order valence-corrected chi connectivity index (χ3v) is 6.36. The predicted molar refractivity (Wildman–Crippen MR) is 88.9 cm³/mol. The topological polar surface area (TPSA) is 108 Å². The fourth-order valence-corrected chi connectivity index (χ4v) is 4.48. The van der Waals surface area contributed by atoms with E-state index in [1.807, 2.05) is 0 Å². The maximum atomic E-state index is 12.8. The molecule has 2 aromatic heterocycles. The molecule has 2 aromatic rings. The van der Waals surface area contributed by atoms with Gasteiger partial charge in [0, 0.05) is 25.3 Å². The molecule has 2 fully saturated rings. The monoisotopic (exact) mass is 364 g/mol. The van der Waals surface area contributed by atoms with Crippen molar-refractivity contribution in [2.24, 2.45) is 5.92 Å². The first-order valence-corrected chi connectivity index (χ1v) is 9.88. The van der Waals surface area contributed by atoms with E-state index in [4.69, 9.17) is 4.42 Å². The molecule has 1 atom stereocenters. The Hall–Kier alpha value is -2.13. The number of hydrogen-bond acceptors (Lipinski definition) is 5. The highest BCUT2D eigenvalue weighted by molar-refractivity contribution is 7.89. The van der Waals surface area contributed by atoms with Crippen molar-refractivity contribution in [1.29, 1.82) is 0 Å². The highest BCUT2D eigenvalue weighted by atomic mass is 32.2. The van der Waals surface area contributed by atoms with Crippen LogP contribution in [-0.4, -0.2) is 48.0 Å². The van der Waals surface area contributed by atoms with Crippen LogP contribution in [0.2, 0.25) is 0 Å². The van der Waals surface area contributed by atoms with Gasteiger partial charge in [-0.2, -0.15) is 9.40 Å². The molecule has 1 saturated carbocycles. The number of nitrogens with one attached hydrogen (secondary N) is 2. The average Bonchev–Trinajstić information content (AvgIpc) is 3.07. The van der Waals surface area contributed by atoms with Crippen molar-refractivity contribution < 1.29 is 17.6 Å². The summed E-state index contributed by atoms with van der Waals surface area (Å²) < 4.78 is 32.6. The van der Waals surface area contributed by atoms with E-state index >= 15 is 0 Å². The molecule has 4 rings (SSSR count). The van der Waals surface area contributed by atoms with Crippen LogP contribution in [-0.2, 0) is 14.8 Å². The molecule has 134 valence electrons. The highest BCUT2D eigenvalue weighted by Gasteiger charge is 2.36. The summed E-state index contributed by atoms with van der Waals surface area (Å²) in [5.74, 6) is 0.0715. The van der Waals surface area contributed by atoms with Gasteiger partial charge in [0.15, 0.2) is 5.76 Å². The molecule has 0 bridgehead atoms. The van der Waals surface area contributed by atoms with Crippen molar-refractivity contribution in [3.8, 4) is 11.5 Å². The summed E-state index contributed by atoms with van der Waals surface area (Å²) >= 11 is 0. The van der Waals surface area contributed by atoms with E-state index < -0.39 is 10.0 Å². The molecule has 0 radical (unpaired) electrons. The Morgan fingerprint density at radius 1 is 1.28 bits per heavy atom. The van der Waals surface area contributed by atoms with Crippen LogP contribution in [0.5, 0.6) is 0 Å². The maximum Gasteiger partial charge on any atom is 0.276 e. The number of piperidine rings is 1. The summed E-state index contributed by atoms with van der Waals surface area (Å²) in [6.07, 6.45) is 4.98. The molecular formula is C16H20N4O4S. The van der Waals surface area contributed by atoms with Gasteiger partial charge in [-0.3, -0.25) is 9.89 Å². The van der Waals surface area contributed by atoms with Crippen LogP contribution >= 0.6 is 0 Å². The van der Waals surface area contributed by atoms with Crippen LogP contribution in [0.4, 0.5) is 0 Å². The summed E-state index contributed by atoms with van der Waals surface area (Å²) in [4.78, 5) is 12.2. The smallest absolute Gasteiger partial charge is 0.276 e. The normalized spacial score (nSPS) is 22.0. The summed E-state index contributed by atoms with van der Waals surface area (Å²) in [5.41, 5.74) is 0.613. The second-order valence-electron chi connectivity index (χ2n) is 6.57. The van der Waals surface area contributed by atoms with Crippen LogP contribution < -0.4 is 5.32 Å². The van der Waals surface area contributed by atoms with Crippen molar-refractivity contribution in [2.45, 2.75) is 36.8 Å². The number of furan rings is 1. The highest BCUT2D eigenvalue weighted by Crippen LogP contribution is 2.28. The van der Waals surface area contributed by atoms with Gasteiger partial charge in [0.1, 0.15) is 5.69 Å². The lowest BCUT2D eigenvalue weighted by Crippen LogP contribution is -2.45. The first-order valence-electron chi connectivity index (χ1n) is 8.44.